The summed E-state index contributed by atoms with van der Waals surface area (Å²) in [6.07, 6.45) is 5.57. The monoisotopic (exact) mass is 254 g/mol. The Morgan fingerprint density at radius 3 is 2.56 bits per heavy atom. The van der Waals surface area contributed by atoms with E-state index in [2.05, 4.69) is 31.9 Å². The van der Waals surface area contributed by atoms with Gasteiger partial charge in [0.05, 0.1) is 0 Å². The van der Waals surface area contributed by atoms with Crippen LogP contribution in [0, 0.1) is 5.92 Å². The van der Waals surface area contributed by atoms with Crippen molar-refractivity contribution < 1.29 is 0 Å². The zero-order valence-electron chi connectivity index (χ0n) is 5.45. The van der Waals surface area contributed by atoms with Gasteiger partial charge in [-0.15, -0.1) is 0 Å². The van der Waals surface area contributed by atoms with E-state index in [-0.39, 0.29) is 0 Å². The van der Waals surface area contributed by atoms with E-state index in [1.807, 2.05) is 0 Å². The Hall–Kier alpha value is 0.960. The molecule has 1 aliphatic rings. The first kappa shape index (κ1) is 8.06. The third-order valence-electron chi connectivity index (χ3n) is 1.75. The second kappa shape index (κ2) is 3.97. The van der Waals surface area contributed by atoms with Crippen LogP contribution in [0.1, 0.15) is 25.7 Å². The van der Waals surface area contributed by atoms with Crippen LogP contribution in [0.2, 0.25) is 0 Å². The number of halogens is 2. The molecule has 1 rings (SSSR count). The standard InChI is InChI=1S/C7H12Br2/c8-5-1-2-7(9)6-3-4-6/h6-7H,1-5H2. The zero-order chi connectivity index (χ0) is 6.69. The van der Waals surface area contributed by atoms with Crippen molar-refractivity contribution in [1.82, 2.24) is 0 Å². The smallest absolute Gasteiger partial charge is 0.0174 e. The van der Waals surface area contributed by atoms with Gasteiger partial charge in [0, 0.05) is 10.2 Å². The summed E-state index contributed by atoms with van der Waals surface area (Å²) < 4.78 is 0. The van der Waals surface area contributed by atoms with Crippen molar-refractivity contribution in [3.05, 3.63) is 0 Å². The maximum atomic E-state index is 3.68. The van der Waals surface area contributed by atoms with Gasteiger partial charge in [-0.25, -0.2) is 0 Å². The molecule has 1 unspecified atom stereocenters. The van der Waals surface area contributed by atoms with Gasteiger partial charge in [-0.3, -0.25) is 0 Å². The van der Waals surface area contributed by atoms with Gasteiger partial charge in [0.1, 0.15) is 0 Å². The minimum atomic E-state index is 0.815. The van der Waals surface area contributed by atoms with Crippen LogP contribution in [-0.2, 0) is 0 Å². The summed E-state index contributed by atoms with van der Waals surface area (Å²) in [5.41, 5.74) is 0. The Bertz CT molecular complexity index is 79.0. The van der Waals surface area contributed by atoms with Crippen LogP contribution in [0.15, 0.2) is 0 Å². The summed E-state index contributed by atoms with van der Waals surface area (Å²) in [7, 11) is 0. The van der Waals surface area contributed by atoms with Crippen LogP contribution >= 0.6 is 31.9 Å². The largest absolute Gasteiger partial charge is 0.0928 e. The van der Waals surface area contributed by atoms with Gasteiger partial charge in [0.25, 0.3) is 0 Å². The lowest BCUT2D eigenvalue weighted by molar-refractivity contribution is 0.689. The molecule has 0 aromatic heterocycles. The third kappa shape index (κ3) is 3.03. The fourth-order valence-electron chi connectivity index (χ4n) is 0.966. The number of rotatable bonds is 4. The minimum absolute atomic E-state index is 0.815. The molecule has 0 saturated heterocycles. The Morgan fingerprint density at radius 2 is 2.11 bits per heavy atom. The van der Waals surface area contributed by atoms with E-state index in [0.717, 1.165) is 16.1 Å². The van der Waals surface area contributed by atoms with Gasteiger partial charge in [-0.05, 0) is 31.6 Å². The SMILES string of the molecule is BrCCCC(Br)C1CC1. The first-order valence-electron chi connectivity index (χ1n) is 3.54. The number of alkyl halides is 2. The van der Waals surface area contributed by atoms with Crippen LogP contribution in [-0.4, -0.2) is 10.2 Å². The van der Waals surface area contributed by atoms with Gasteiger partial charge in [-0.1, -0.05) is 31.9 Å². The zero-order valence-corrected chi connectivity index (χ0v) is 8.62. The van der Waals surface area contributed by atoms with E-state index in [1.54, 1.807) is 0 Å². The molecule has 9 heavy (non-hydrogen) atoms. The van der Waals surface area contributed by atoms with Gasteiger partial charge < -0.3 is 0 Å². The van der Waals surface area contributed by atoms with Gasteiger partial charge in [0.2, 0.25) is 0 Å². The molecule has 0 bridgehead atoms. The Kier molecular flexibility index (Phi) is 3.55. The molecule has 0 nitrogen and oxygen atoms in total. The Morgan fingerprint density at radius 1 is 1.44 bits per heavy atom. The highest BCUT2D eigenvalue weighted by Crippen LogP contribution is 2.38. The van der Waals surface area contributed by atoms with E-state index in [0.29, 0.717) is 0 Å². The van der Waals surface area contributed by atoms with Crippen LogP contribution in [0.4, 0.5) is 0 Å². The lowest BCUT2D eigenvalue weighted by Gasteiger charge is -2.04. The molecule has 1 atom stereocenters. The molecular formula is C7H12Br2. The van der Waals surface area contributed by atoms with Crippen molar-refractivity contribution in [2.24, 2.45) is 5.92 Å². The molecule has 1 fully saturated rings. The molecule has 0 N–H and O–H groups in total. The summed E-state index contributed by atoms with van der Waals surface area (Å²) in [5, 5.41) is 1.15. The molecule has 2 heteroatoms. The van der Waals surface area contributed by atoms with E-state index in [9.17, 15) is 0 Å². The normalized spacial score (nSPS) is 22.0. The van der Waals surface area contributed by atoms with Gasteiger partial charge >= 0.3 is 0 Å². The van der Waals surface area contributed by atoms with Crippen LogP contribution in [0.5, 0.6) is 0 Å². The Balaban J connectivity index is 1.96. The topological polar surface area (TPSA) is 0 Å². The molecule has 54 valence electrons. The Labute approximate surface area is 73.7 Å². The summed E-state index contributed by atoms with van der Waals surface area (Å²) >= 11 is 7.11. The van der Waals surface area contributed by atoms with Crippen LogP contribution in [0.3, 0.4) is 0 Å². The quantitative estimate of drug-likeness (QED) is 0.676. The molecule has 0 aromatic carbocycles. The molecule has 0 aromatic rings. The van der Waals surface area contributed by atoms with Gasteiger partial charge in [-0.2, -0.15) is 0 Å². The highest BCUT2D eigenvalue weighted by molar-refractivity contribution is 9.09. The van der Waals surface area contributed by atoms with E-state index in [4.69, 9.17) is 0 Å². The van der Waals surface area contributed by atoms with Crippen LogP contribution in [0.25, 0.3) is 0 Å². The van der Waals surface area contributed by atoms with Crippen molar-refractivity contribution >= 4 is 31.9 Å². The van der Waals surface area contributed by atoms with Crippen molar-refractivity contribution in [2.45, 2.75) is 30.5 Å². The molecule has 0 spiro atoms. The first-order valence-corrected chi connectivity index (χ1v) is 5.58. The highest BCUT2D eigenvalue weighted by atomic mass is 79.9. The molecule has 1 aliphatic carbocycles. The lowest BCUT2D eigenvalue weighted by atomic mass is 10.2. The summed E-state index contributed by atoms with van der Waals surface area (Å²) in [4.78, 5) is 0.815. The molecule has 0 aliphatic heterocycles. The van der Waals surface area contributed by atoms with Gasteiger partial charge in [0.15, 0.2) is 0 Å². The molecule has 0 amide bonds. The second-order valence-electron chi connectivity index (χ2n) is 2.68. The van der Waals surface area contributed by atoms with Crippen molar-refractivity contribution in [3.63, 3.8) is 0 Å². The van der Waals surface area contributed by atoms with E-state index >= 15 is 0 Å². The number of hydrogen-bond acceptors (Lipinski definition) is 0. The van der Waals surface area contributed by atoms with Crippen LogP contribution < -0.4 is 0 Å². The maximum Gasteiger partial charge on any atom is 0.0174 e. The maximum absolute atomic E-state index is 3.68. The first-order chi connectivity index (χ1) is 4.34. The lowest BCUT2D eigenvalue weighted by Crippen LogP contribution is -1.99. The fourth-order valence-corrected chi connectivity index (χ4v) is 2.14. The molecule has 0 heterocycles. The molecule has 1 saturated carbocycles. The predicted octanol–water partition coefficient (Wildman–Crippen LogP) is 3.34. The number of hydrogen-bond donors (Lipinski definition) is 0. The van der Waals surface area contributed by atoms with Crippen molar-refractivity contribution in [2.75, 3.05) is 5.33 Å². The van der Waals surface area contributed by atoms with E-state index in [1.165, 1.54) is 25.7 Å². The predicted molar refractivity (Wildman–Crippen MR) is 48.5 cm³/mol. The van der Waals surface area contributed by atoms with E-state index < -0.39 is 0 Å². The average molecular weight is 256 g/mol. The average Bonchev–Trinajstić information content (AvgIpc) is 2.63. The molecular weight excluding hydrogens is 244 g/mol. The van der Waals surface area contributed by atoms with Crippen molar-refractivity contribution in [1.29, 1.82) is 0 Å². The summed E-state index contributed by atoms with van der Waals surface area (Å²) in [6, 6.07) is 0. The van der Waals surface area contributed by atoms with Crippen molar-refractivity contribution in [3.8, 4) is 0 Å². The second-order valence-corrected chi connectivity index (χ2v) is 4.65. The summed E-state index contributed by atoms with van der Waals surface area (Å²) in [6.45, 7) is 0. The summed E-state index contributed by atoms with van der Waals surface area (Å²) in [5.74, 6) is 1.02. The fraction of sp³-hybridized carbons (Fsp3) is 1.00. The minimum Gasteiger partial charge on any atom is -0.0928 e. The third-order valence-corrected chi connectivity index (χ3v) is 3.51. The highest BCUT2D eigenvalue weighted by Gasteiger charge is 2.28. The molecule has 0 radical (unpaired) electrons.